The van der Waals surface area contributed by atoms with Gasteiger partial charge >= 0.3 is 0 Å². The molecule has 0 spiro atoms. The minimum absolute atomic E-state index is 0.0339. The van der Waals surface area contributed by atoms with Gasteiger partial charge in [0, 0.05) is 18.2 Å². The number of benzene rings is 1. The van der Waals surface area contributed by atoms with Crippen LogP contribution in [0.15, 0.2) is 30.3 Å². The van der Waals surface area contributed by atoms with Crippen LogP contribution in [0.5, 0.6) is 0 Å². The van der Waals surface area contributed by atoms with E-state index in [4.69, 9.17) is 11.6 Å². The van der Waals surface area contributed by atoms with Gasteiger partial charge in [0.15, 0.2) is 0 Å². The average molecular weight is 278 g/mol. The molecule has 0 saturated carbocycles. The molecule has 0 aliphatic carbocycles. The van der Waals surface area contributed by atoms with Gasteiger partial charge in [-0.15, -0.1) is 0 Å². The zero-order valence-corrected chi connectivity index (χ0v) is 11.2. The fourth-order valence-electron chi connectivity index (χ4n) is 2.39. The van der Waals surface area contributed by atoms with Crippen LogP contribution in [0.2, 0.25) is 5.15 Å². The number of hydrogen-bond acceptors (Lipinski definition) is 3. The molecule has 19 heavy (non-hydrogen) atoms. The smallest absolute Gasteiger partial charge is 0.134 e. The van der Waals surface area contributed by atoms with Gasteiger partial charge in [0.05, 0.1) is 6.04 Å². The molecule has 0 amide bonds. The molecular formula is C14H13ClFN3. The Hall–Kier alpha value is -1.68. The minimum Gasteiger partial charge on any atom is -0.349 e. The van der Waals surface area contributed by atoms with E-state index >= 15 is 0 Å². The number of aromatic nitrogens is 2. The van der Waals surface area contributed by atoms with Crippen molar-refractivity contribution in [3.8, 4) is 0 Å². The lowest BCUT2D eigenvalue weighted by Gasteiger charge is -2.42. The SMILES string of the molecule is Cc1nc(Cl)cc(N2CCC2c2ccccc2F)n1. The number of halogens is 2. The van der Waals surface area contributed by atoms with Gasteiger partial charge in [-0.2, -0.15) is 0 Å². The maximum absolute atomic E-state index is 13.8. The molecule has 1 unspecified atom stereocenters. The molecule has 1 aromatic heterocycles. The Kier molecular flexibility index (Phi) is 3.11. The highest BCUT2D eigenvalue weighted by Gasteiger charge is 2.32. The number of aryl methyl sites for hydroxylation is 1. The van der Waals surface area contributed by atoms with Crippen molar-refractivity contribution in [2.24, 2.45) is 0 Å². The Morgan fingerprint density at radius 3 is 2.74 bits per heavy atom. The molecule has 1 aromatic carbocycles. The molecule has 3 rings (SSSR count). The van der Waals surface area contributed by atoms with Gasteiger partial charge < -0.3 is 4.90 Å². The molecule has 2 heterocycles. The van der Waals surface area contributed by atoms with E-state index in [2.05, 4.69) is 14.9 Å². The van der Waals surface area contributed by atoms with Crippen molar-refractivity contribution in [1.29, 1.82) is 0 Å². The summed E-state index contributed by atoms with van der Waals surface area (Å²) in [5.41, 5.74) is 0.709. The molecule has 0 N–H and O–H groups in total. The van der Waals surface area contributed by atoms with Gasteiger partial charge in [0.1, 0.15) is 22.6 Å². The predicted octanol–water partition coefficient (Wildman–Crippen LogP) is 3.53. The van der Waals surface area contributed by atoms with E-state index in [1.54, 1.807) is 19.1 Å². The molecule has 0 bridgehead atoms. The highest BCUT2D eigenvalue weighted by Crippen LogP contribution is 2.38. The molecule has 1 saturated heterocycles. The van der Waals surface area contributed by atoms with E-state index in [0.29, 0.717) is 16.5 Å². The van der Waals surface area contributed by atoms with Crippen molar-refractivity contribution in [3.63, 3.8) is 0 Å². The molecule has 1 fully saturated rings. The molecular weight excluding hydrogens is 265 g/mol. The largest absolute Gasteiger partial charge is 0.349 e. The van der Waals surface area contributed by atoms with Gasteiger partial charge in [-0.1, -0.05) is 29.8 Å². The van der Waals surface area contributed by atoms with Crippen LogP contribution in [0.25, 0.3) is 0 Å². The van der Waals surface area contributed by atoms with Crippen molar-refractivity contribution in [1.82, 2.24) is 9.97 Å². The van der Waals surface area contributed by atoms with Crippen LogP contribution in [0.4, 0.5) is 10.2 Å². The predicted molar refractivity (Wildman–Crippen MR) is 72.9 cm³/mol. The van der Waals surface area contributed by atoms with E-state index in [9.17, 15) is 4.39 Å². The molecule has 98 valence electrons. The molecule has 0 radical (unpaired) electrons. The van der Waals surface area contributed by atoms with E-state index in [-0.39, 0.29) is 11.9 Å². The molecule has 1 aliphatic heterocycles. The first kappa shape index (κ1) is 12.4. The number of anilines is 1. The Bertz CT molecular complexity index is 597. The number of nitrogens with zero attached hydrogens (tertiary/aromatic N) is 3. The van der Waals surface area contributed by atoms with Crippen LogP contribution in [0.3, 0.4) is 0 Å². The van der Waals surface area contributed by atoms with Gasteiger partial charge in [0.2, 0.25) is 0 Å². The lowest BCUT2D eigenvalue weighted by molar-refractivity contribution is 0.440. The minimum atomic E-state index is -0.172. The third kappa shape index (κ3) is 2.28. The summed E-state index contributed by atoms with van der Waals surface area (Å²) in [4.78, 5) is 10.5. The van der Waals surface area contributed by atoms with Crippen molar-refractivity contribution >= 4 is 17.4 Å². The summed E-state index contributed by atoms with van der Waals surface area (Å²) in [6, 6.07) is 8.63. The zero-order chi connectivity index (χ0) is 13.4. The van der Waals surface area contributed by atoms with E-state index in [0.717, 1.165) is 18.8 Å². The summed E-state index contributed by atoms with van der Waals surface area (Å²) in [5, 5.41) is 0.418. The first-order chi connectivity index (χ1) is 9.15. The summed E-state index contributed by atoms with van der Waals surface area (Å²) in [7, 11) is 0. The van der Waals surface area contributed by atoms with Crippen LogP contribution in [-0.4, -0.2) is 16.5 Å². The Morgan fingerprint density at radius 1 is 1.32 bits per heavy atom. The topological polar surface area (TPSA) is 29.0 Å². The van der Waals surface area contributed by atoms with E-state index in [1.807, 2.05) is 12.1 Å². The lowest BCUT2D eigenvalue weighted by atomic mass is 9.94. The summed E-state index contributed by atoms with van der Waals surface area (Å²) in [6.45, 7) is 2.65. The van der Waals surface area contributed by atoms with Crippen LogP contribution >= 0.6 is 11.6 Å². The molecule has 1 aliphatic rings. The second-order valence-electron chi connectivity index (χ2n) is 4.62. The van der Waals surface area contributed by atoms with Gasteiger partial charge in [0.25, 0.3) is 0 Å². The average Bonchev–Trinajstić information content (AvgIpc) is 2.29. The van der Waals surface area contributed by atoms with E-state index < -0.39 is 0 Å². The van der Waals surface area contributed by atoms with Crippen LogP contribution in [-0.2, 0) is 0 Å². The normalized spacial score (nSPS) is 18.3. The summed E-state index contributed by atoms with van der Waals surface area (Å²) >= 11 is 5.95. The second kappa shape index (κ2) is 4.78. The van der Waals surface area contributed by atoms with Gasteiger partial charge in [-0.25, -0.2) is 14.4 Å². The highest BCUT2D eigenvalue weighted by atomic mass is 35.5. The van der Waals surface area contributed by atoms with Crippen molar-refractivity contribution in [2.45, 2.75) is 19.4 Å². The van der Waals surface area contributed by atoms with Crippen LogP contribution in [0, 0.1) is 12.7 Å². The highest BCUT2D eigenvalue weighted by molar-refractivity contribution is 6.29. The van der Waals surface area contributed by atoms with Gasteiger partial charge in [-0.05, 0) is 19.4 Å². The Morgan fingerprint density at radius 2 is 2.11 bits per heavy atom. The third-order valence-corrected chi connectivity index (χ3v) is 3.56. The Balaban J connectivity index is 1.93. The number of rotatable bonds is 2. The van der Waals surface area contributed by atoms with Crippen molar-refractivity contribution in [2.75, 3.05) is 11.4 Å². The molecule has 3 nitrogen and oxygen atoms in total. The number of hydrogen-bond donors (Lipinski definition) is 0. The van der Waals surface area contributed by atoms with E-state index in [1.165, 1.54) is 6.07 Å². The summed E-state index contributed by atoms with van der Waals surface area (Å²) in [5.74, 6) is 1.22. The van der Waals surface area contributed by atoms with Gasteiger partial charge in [-0.3, -0.25) is 0 Å². The second-order valence-corrected chi connectivity index (χ2v) is 5.00. The molecule has 2 aromatic rings. The fourth-order valence-corrected chi connectivity index (χ4v) is 2.61. The molecule has 5 heteroatoms. The quantitative estimate of drug-likeness (QED) is 0.787. The monoisotopic (exact) mass is 277 g/mol. The van der Waals surface area contributed by atoms with Crippen molar-refractivity contribution in [3.05, 3.63) is 52.7 Å². The fraction of sp³-hybridized carbons (Fsp3) is 0.286. The first-order valence-corrected chi connectivity index (χ1v) is 6.55. The zero-order valence-electron chi connectivity index (χ0n) is 10.5. The summed E-state index contributed by atoms with van der Waals surface area (Å²) in [6.07, 6.45) is 0.918. The maximum Gasteiger partial charge on any atom is 0.134 e. The Labute approximate surface area is 116 Å². The summed E-state index contributed by atoms with van der Waals surface area (Å²) < 4.78 is 13.8. The third-order valence-electron chi connectivity index (χ3n) is 3.37. The standard InChI is InChI=1S/C14H13ClFN3/c1-9-17-13(15)8-14(18-9)19-7-6-12(19)10-4-2-3-5-11(10)16/h2-5,8,12H,6-7H2,1H3. The van der Waals surface area contributed by atoms with Crippen LogP contribution in [0.1, 0.15) is 23.9 Å². The first-order valence-electron chi connectivity index (χ1n) is 6.17. The lowest BCUT2D eigenvalue weighted by Crippen LogP contribution is -2.42. The van der Waals surface area contributed by atoms with Crippen molar-refractivity contribution < 1.29 is 4.39 Å². The molecule has 1 atom stereocenters. The van der Waals surface area contributed by atoms with Crippen LogP contribution < -0.4 is 4.90 Å². The maximum atomic E-state index is 13.8.